The molecule has 0 aliphatic rings. The maximum Gasteiger partial charge on any atom is 0.271 e. The zero-order valence-corrected chi connectivity index (χ0v) is 15.7. The molecule has 0 saturated heterocycles. The Kier molecular flexibility index (Phi) is 4.68. The van der Waals surface area contributed by atoms with Gasteiger partial charge in [-0.1, -0.05) is 12.1 Å². The van der Waals surface area contributed by atoms with E-state index >= 15 is 0 Å². The Morgan fingerprint density at radius 1 is 1.19 bits per heavy atom. The Morgan fingerprint density at radius 3 is 2.69 bits per heavy atom. The van der Waals surface area contributed by atoms with Crippen molar-refractivity contribution in [2.45, 2.75) is 13.5 Å². The topological polar surface area (TPSA) is 75.6 Å². The Balaban J connectivity index is 1.35. The van der Waals surface area contributed by atoms with E-state index in [1.165, 1.54) is 0 Å². The molecule has 0 fully saturated rings. The predicted octanol–water partition coefficient (Wildman–Crippen LogP) is 3.80. The third-order valence-corrected chi connectivity index (χ3v) is 5.76. The lowest BCUT2D eigenvalue weighted by Crippen LogP contribution is -2.28. The molecule has 6 nitrogen and oxygen atoms in total. The first-order chi connectivity index (χ1) is 12.7. The normalized spacial score (nSPS) is 11.0. The van der Waals surface area contributed by atoms with E-state index in [1.807, 2.05) is 40.6 Å². The van der Waals surface area contributed by atoms with Crippen molar-refractivity contribution in [1.29, 1.82) is 0 Å². The van der Waals surface area contributed by atoms with Crippen molar-refractivity contribution in [3.05, 3.63) is 58.5 Å². The highest BCUT2D eigenvalue weighted by atomic mass is 32.1. The smallest absolute Gasteiger partial charge is 0.271 e. The van der Waals surface area contributed by atoms with Gasteiger partial charge < -0.3 is 5.32 Å². The number of rotatable bonds is 6. The summed E-state index contributed by atoms with van der Waals surface area (Å²) in [4.78, 5) is 14.5. The maximum absolute atomic E-state index is 12.3. The van der Waals surface area contributed by atoms with Crippen LogP contribution in [0.3, 0.4) is 0 Å². The molecule has 0 radical (unpaired) electrons. The number of aromatic nitrogens is 4. The first kappa shape index (κ1) is 16.7. The monoisotopic (exact) mass is 383 g/mol. The van der Waals surface area contributed by atoms with E-state index in [1.54, 1.807) is 28.7 Å². The number of hydrogen-bond donors (Lipinski definition) is 2. The molecule has 0 aliphatic carbocycles. The average Bonchev–Trinajstić information content (AvgIpc) is 3.41. The number of H-pyrrole nitrogens is 1. The van der Waals surface area contributed by atoms with Crippen LogP contribution in [0.2, 0.25) is 0 Å². The van der Waals surface area contributed by atoms with Gasteiger partial charge in [-0.3, -0.25) is 14.6 Å². The van der Waals surface area contributed by atoms with E-state index in [4.69, 9.17) is 0 Å². The van der Waals surface area contributed by atoms with Crippen molar-refractivity contribution >= 4 is 28.6 Å². The molecule has 0 aliphatic heterocycles. The summed E-state index contributed by atoms with van der Waals surface area (Å²) in [6, 6.07) is 11.9. The lowest BCUT2D eigenvalue weighted by molar-refractivity contribution is 0.0947. The Hall–Kier alpha value is -2.71. The summed E-state index contributed by atoms with van der Waals surface area (Å²) in [5.41, 5.74) is 3.29. The summed E-state index contributed by atoms with van der Waals surface area (Å²) >= 11 is 3.27. The molecule has 2 N–H and O–H groups in total. The van der Waals surface area contributed by atoms with E-state index in [0.29, 0.717) is 18.8 Å². The van der Waals surface area contributed by atoms with Gasteiger partial charge in [0.05, 0.1) is 22.0 Å². The fraction of sp³-hybridized carbons (Fsp3) is 0.167. The predicted molar refractivity (Wildman–Crippen MR) is 105 cm³/mol. The van der Waals surface area contributed by atoms with Crippen molar-refractivity contribution in [3.63, 3.8) is 0 Å². The Bertz CT molecular complexity index is 999. The molecule has 8 heteroatoms. The minimum Gasteiger partial charge on any atom is -0.349 e. The molecule has 0 atom stereocenters. The van der Waals surface area contributed by atoms with Gasteiger partial charge in [0, 0.05) is 12.2 Å². The van der Waals surface area contributed by atoms with Crippen molar-refractivity contribution in [2.75, 3.05) is 6.54 Å². The number of carbonyl (C=O) groups is 1. The fourth-order valence-electron chi connectivity index (χ4n) is 2.64. The lowest BCUT2D eigenvalue weighted by Gasteiger charge is -2.05. The summed E-state index contributed by atoms with van der Waals surface area (Å²) in [6.07, 6.45) is 0. The largest absolute Gasteiger partial charge is 0.349 e. The summed E-state index contributed by atoms with van der Waals surface area (Å²) in [5, 5.41) is 18.6. The van der Waals surface area contributed by atoms with Gasteiger partial charge in [-0.25, -0.2) is 0 Å². The highest BCUT2D eigenvalue weighted by Crippen LogP contribution is 2.24. The van der Waals surface area contributed by atoms with Gasteiger partial charge in [-0.05, 0) is 41.9 Å². The van der Waals surface area contributed by atoms with E-state index < -0.39 is 0 Å². The molecule has 0 aromatic carbocycles. The van der Waals surface area contributed by atoms with Crippen LogP contribution in [0.15, 0.2) is 47.2 Å². The van der Waals surface area contributed by atoms with E-state index in [9.17, 15) is 4.79 Å². The van der Waals surface area contributed by atoms with Crippen LogP contribution in [0.5, 0.6) is 0 Å². The molecule has 0 bridgehead atoms. The first-order valence-corrected chi connectivity index (χ1v) is 9.92. The summed E-state index contributed by atoms with van der Waals surface area (Å²) in [7, 11) is 0. The van der Waals surface area contributed by atoms with Gasteiger partial charge in [-0.2, -0.15) is 10.2 Å². The minimum absolute atomic E-state index is 0.188. The first-order valence-electron chi connectivity index (χ1n) is 8.16. The minimum atomic E-state index is -0.188. The van der Waals surface area contributed by atoms with Crippen LogP contribution in [-0.2, 0) is 6.54 Å². The van der Waals surface area contributed by atoms with E-state index in [-0.39, 0.29) is 5.91 Å². The highest BCUT2D eigenvalue weighted by Gasteiger charge is 2.12. The zero-order chi connectivity index (χ0) is 17.9. The number of hydrogen-bond acceptors (Lipinski definition) is 5. The van der Waals surface area contributed by atoms with E-state index in [2.05, 4.69) is 32.7 Å². The van der Waals surface area contributed by atoms with Gasteiger partial charge in [0.1, 0.15) is 5.69 Å². The number of aryl methyl sites for hydroxylation is 1. The van der Waals surface area contributed by atoms with Gasteiger partial charge in [0.25, 0.3) is 5.91 Å². The van der Waals surface area contributed by atoms with Crippen molar-refractivity contribution in [2.24, 2.45) is 0 Å². The number of carbonyl (C=O) groups excluding carboxylic acids is 1. The second kappa shape index (κ2) is 7.27. The second-order valence-corrected chi connectivity index (χ2v) is 7.67. The van der Waals surface area contributed by atoms with Gasteiger partial charge in [-0.15, -0.1) is 22.7 Å². The van der Waals surface area contributed by atoms with Crippen LogP contribution in [0.25, 0.3) is 21.1 Å². The number of amides is 1. The molecule has 0 saturated carbocycles. The summed E-state index contributed by atoms with van der Waals surface area (Å²) in [5.74, 6) is -0.188. The quantitative estimate of drug-likeness (QED) is 0.532. The number of nitrogens with one attached hydrogen (secondary N) is 2. The summed E-state index contributed by atoms with van der Waals surface area (Å²) in [6.45, 7) is 3.13. The van der Waals surface area contributed by atoms with Crippen LogP contribution in [-0.4, -0.2) is 32.4 Å². The third-order valence-electron chi connectivity index (χ3n) is 3.96. The Morgan fingerprint density at radius 2 is 1.96 bits per heavy atom. The van der Waals surface area contributed by atoms with Gasteiger partial charge in [0.2, 0.25) is 0 Å². The average molecular weight is 384 g/mol. The SMILES string of the molecule is Cc1cc(-c2cccs2)nn1CCNC(=O)c1cc(-c2cccs2)[nH]n1. The lowest BCUT2D eigenvalue weighted by atomic mass is 10.3. The molecular weight excluding hydrogens is 366 g/mol. The van der Waals surface area contributed by atoms with Gasteiger partial charge >= 0.3 is 0 Å². The molecule has 132 valence electrons. The molecule has 4 heterocycles. The molecule has 26 heavy (non-hydrogen) atoms. The Labute approximate surface area is 158 Å². The highest BCUT2D eigenvalue weighted by molar-refractivity contribution is 7.13. The van der Waals surface area contributed by atoms with Crippen molar-refractivity contribution in [3.8, 4) is 21.1 Å². The fourth-order valence-corrected chi connectivity index (χ4v) is 4.02. The zero-order valence-electron chi connectivity index (χ0n) is 14.1. The van der Waals surface area contributed by atoms with Crippen LogP contribution < -0.4 is 5.32 Å². The molecule has 4 aromatic rings. The molecule has 0 spiro atoms. The van der Waals surface area contributed by atoms with Crippen molar-refractivity contribution in [1.82, 2.24) is 25.3 Å². The van der Waals surface area contributed by atoms with Crippen molar-refractivity contribution < 1.29 is 4.79 Å². The molecular formula is C18H17N5OS2. The number of thiophene rings is 2. The molecule has 4 rings (SSSR count). The molecule has 4 aromatic heterocycles. The second-order valence-electron chi connectivity index (χ2n) is 5.77. The molecule has 0 unspecified atom stereocenters. The number of nitrogens with zero attached hydrogens (tertiary/aromatic N) is 3. The van der Waals surface area contributed by atoms with Crippen LogP contribution in [0.1, 0.15) is 16.2 Å². The van der Waals surface area contributed by atoms with E-state index in [0.717, 1.165) is 26.8 Å². The standard InChI is InChI=1S/C18H17N5OS2/c1-12-10-14(17-5-3-9-26-17)22-23(12)7-6-19-18(24)15-11-13(20-21-15)16-4-2-8-25-16/h2-5,8-11H,6-7H2,1H3,(H,19,24)(H,20,21). The maximum atomic E-state index is 12.3. The van der Waals surface area contributed by atoms with Gasteiger partial charge in [0.15, 0.2) is 5.69 Å². The summed E-state index contributed by atoms with van der Waals surface area (Å²) < 4.78 is 1.91. The number of aromatic amines is 1. The molecule has 1 amide bonds. The van der Waals surface area contributed by atoms with Crippen LogP contribution >= 0.6 is 22.7 Å². The van der Waals surface area contributed by atoms with Crippen LogP contribution in [0, 0.1) is 6.92 Å². The third kappa shape index (κ3) is 3.47. The van der Waals surface area contributed by atoms with Crippen LogP contribution in [0.4, 0.5) is 0 Å².